The lowest BCUT2D eigenvalue weighted by atomic mass is 10.0. The van der Waals surface area contributed by atoms with Gasteiger partial charge in [-0.15, -0.1) is 0 Å². The van der Waals surface area contributed by atoms with E-state index in [9.17, 15) is 5.11 Å². The standard InChI is InChI=1S/C14H23N5O/c1-3-4-5-6-7-11(10(2)20)19-9-18-12-13(15)16-8-17-14(12)19/h8-11,20H,3-7H2,1-2H3,(H2,15,16,17)/t10-,11?/m0/s1. The van der Waals surface area contributed by atoms with E-state index in [2.05, 4.69) is 21.9 Å². The molecule has 0 amide bonds. The van der Waals surface area contributed by atoms with Gasteiger partial charge in [0.2, 0.25) is 0 Å². The number of unbranched alkanes of at least 4 members (excludes halogenated alkanes) is 3. The highest BCUT2D eigenvalue weighted by Gasteiger charge is 2.20. The molecule has 20 heavy (non-hydrogen) atoms. The minimum atomic E-state index is -0.454. The van der Waals surface area contributed by atoms with Gasteiger partial charge in [0.05, 0.1) is 18.5 Å². The summed E-state index contributed by atoms with van der Waals surface area (Å²) in [6.07, 6.45) is 8.30. The van der Waals surface area contributed by atoms with Crippen molar-refractivity contribution in [2.45, 2.75) is 58.1 Å². The Labute approximate surface area is 119 Å². The molecule has 0 aliphatic carbocycles. The third-order valence-corrected chi connectivity index (χ3v) is 3.65. The molecule has 2 rings (SSSR count). The minimum absolute atomic E-state index is 0.0221. The van der Waals surface area contributed by atoms with Gasteiger partial charge in [-0.05, 0) is 13.3 Å². The normalized spacial score (nSPS) is 14.6. The van der Waals surface area contributed by atoms with Crippen LogP contribution in [0, 0.1) is 0 Å². The molecule has 0 fully saturated rings. The lowest BCUT2D eigenvalue weighted by Crippen LogP contribution is -2.21. The maximum absolute atomic E-state index is 10.0. The number of anilines is 1. The summed E-state index contributed by atoms with van der Waals surface area (Å²) in [4.78, 5) is 12.5. The molecule has 0 spiro atoms. The number of hydrogen-bond donors (Lipinski definition) is 2. The van der Waals surface area contributed by atoms with Crippen LogP contribution in [0.25, 0.3) is 11.2 Å². The summed E-state index contributed by atoms with van der Waals surface area (Å²) in [5.74, 6) is 0.379. The summed E-state index contributed by atoms with van der Waals surface area (Å²) in [6, 6.07) is -0.0221. The molecule has 3 N–H and O–H groups in total. The van der Waals surface area contributed by atoms with Crippen molar-refractivity contribution in [3.8, 4) is 0 Å². The molecular weight excluding hydrogens is 254 g/mol. The lowest BCUT2D eigenvalue weighted by Gasteiger charge is -2.21. The van der Waals surface area contributed by atoms with E-state index in [4.69, 9.17) is 5.73 Å². The maximum atomic E-state index is 10.0. The Kier molecular flexibility index (Phi) is 4.89. The zero-order valence-electron chi connectivity index (χ0n) is 12.2. The van der Waals surface area contributed by atoms with Gasteiger partial charge in [0.15, 0.2) is 11.5 Å². The van der Waals surface area contributed by atoms with Crippen molar-refractivity contribution in [1.29, 1.82) is 0 Å². The van der Waals surface area contributed by atoms with Crippen molar-refractivity contribution < 1.29 is 5.11 Å². The van der Waals surface area contributed by atoms with E-state index in [0.29, 0.717) is 17.0 Å². The Morgan fingerprint density at radius 1 is 1.25 bits per heavy atom. The van der Waals surface area contributed by atoms with Crippen molar-refractivity contribution in [3.05, 3.63) is 12.7 Å². The van der Waals surface area contributed by atoms with Crippen molar-refractivity contribution in [2.75, 3.05) is 5.73 Å². The van der Waals surface area contributed by atoms with Crippen LogP contribution in [0.1, 0.15) is 52.0 Å². The first-order valence-corrected chi connectivity index (χ1v) is 7.26. The van der Waals surface area contributed by atoms with E-state index in [0.717, 1.165) is 12.8 Å². The molecule has 0 saturated heterocycles. The second kappa shape index (κ2) is 6.65. The molecule has 0 radical (unpaired) electrons. The quantitative estimate of drug-likeness (QED) is 0.758. The van der Waals surface area contributed by atoms with Crippen molar-refractivity contribution in [2.24, 2.45) is 0 Å². The molecule has 110 valence electrons. The number of nitrogens with two attached hydrogens (primary N) is 1. The second-order valence-corrected chi connectivity index (χ2v) is 5.24. The van der Waals surface area contributed by atoms with Crippen LogP contribution >= 0.6 is 0 Å². The number of hydrogen-bond acceptors (Lipinski definition) is 5. The van der Waals surface area contributed by atoms with E-state index in [1.54, 1.807) is 13.3 Å². The van der Waals surface area contributed by atoms with Gasteiger partial charge in [-0.3, -0.25) is 0 Å². The van der Waals surface area contributed by atoms with Crippen LogP contribution in [0.15, 0.2) is 12.7 Å². The smallest absolute Gasteiger partial charge is 0.165 e. The van der Waals surface area contributed by atoms with Gasteiger partial charge in [0.25, 0.3) is 0 Å². The van der Waals surface area contributed by atoms with Crippen LogP contribution < -0.4 is 5.73 Å². The van der Waals surface area contributed by atoms with Crippen LogP contribution in [0.3, 0.4) is 0 Å². The van der Waals surface area contributed by atoms with Gasteiger partial charge in [-0.2, -0.15) is 0 Å². The number of rotatable bonds is 7. The van der Waals surface area contributed by atoms with E-state index in [1.807, 2.05) is 4.57 Å². The molecule has 2 aromatic rings. The molecule has 0 aliphatic heterocycles. The van der Waals surface area contributed by atoms with Crippen molar-refractivity contribution in [1.82, 2.24) is 19.5 Å². The SMILES string of the molecule is CCCCCCC([C@H](C)O)n1cnc2c(N)ncnc21. The van der Waals surface area contributed by atoms with E-state index >= 15 is 0 Å². The Hall–Kier alpha value is -1.69. The number of aliphatic hydroxyl groups is 1. The Morgan fingerprint density at radius 2 is 2.05 bits per heavy atom. The summed E-state index contributed by atoms with van der Waals surface area (Å²) < 4.78 is 1.92. The summed E-state index contributed by atoms with van der Waals surface area (Å²) in [5, 5.41) is 10.0. The van der Waals surface area contributed by atoms with E-state index < -0.39 is 6.10 Å². The van der Waals surface area contributed by atoms with Crippen LogP contribution in [0.5, 0.6) is 0 Å². The highest BCUT2D eigenvalue weighted by atomic mass is 16.3. The van der Waals surface area contributed by atoms with Gasteiger partial charge >= 0.3 is 0 Å². The summed E-state index contributed by atoms with van der Waals surface area (Å²) in [5.41, 5.74) is 7.09. The number of aromatic nitrogens is 4. The molecule has 6 nitrogen and oxygen atoms in total. The topological polar surface area (TPSA) is 89.8 Å². The Bertz CT molecular complexity index is 551. The lowest BCUT2D eigenvalue weighted by molar-refractivity contribution is 0.124. The second-order valence-electron chi connectivity index (χ2n) is 5.24. The molecule has 0 bridgehead atoms. The highest BCUT2D eigenvalue weighted by Crippen LogP contribution is 2.25. The van der Waals surface area contributed by atoms with E-state index in [1.165, 1.54) is 25.6 Å². The maximum Gasteiger partial charge on any atom is 0.165 e. The Morgan fingerprint density at radius 3 is 2.75 bits per heavy atom. The van der Waals surface area contributed by atoms with Crippen molar-refractivity contribution >= 4 is 17.0 Å². The fourth-order valence-corrected chi connectivity index (χ4v) is 2.51. The van der Waals surface area contributed by atoms with Crippen LogP contribution in [0.2, 0.25) is 0 Å². The largest absolute Gasteiger partial charge is 0.391 e. The van der Waals surface area contributed by atoms with E-state index in [-0.39, 0.29) is 6.04 Å². The first kappa shape index (κ1) is 14.7. The minimum Gasteiger partial charge on any atom is -0.391 e. The van der Waals surface area contributed by atoms with Gasteiger partial charge < -0.3 is 15.4 Å². The Balaban J connectivity index is 2.21. The van der Waals surface area contributed by atoms with Crippen LogP contribution in [-0.2, 0) is 0 Å². The average molecular weight is 277 g/mol. The van der Waals surface area contributed by atoms with Gasteiger partial charge in [-0.25, -0.2) is 15.0 Å². The predicted octanol–water partition coefficient (Wildman–Crippen LogP) is 2.30. The molecule has 2 aromatic heterocycles. The molecule has 0 aromatic carbocycles. The van der Waals surface area contributed by atoms with Crippen molar-refractivity contribution in [3.63, 3.8) is 0 Å². The fraction of sp³-hybridized carbons (Fsp3) is 0.643. The van der Waals surface area contributed by atoms with Crippen LogP contribution in [0.4, 0.5) is 5.82 Å². The zero-order chi connectivity index (χ0) is 14.5. The van der Waals surface area contributed by atoms with Gasteiger partial charge in [0, 0.05) is 0 Å². The summed E-state index contributed by atoms with van der Waals surface area (Å²) >= 11 is 0. The predicted molar refractivity (Wildman–Crippen MR) is 79.2 cm³/mol. The molecule has 0 saturated carbocycles. The third-order valence-electron chi connectivity index (χ3n) is 3.65. The number of aliphatic hydroxyl groups excluding tert-OH is 1. The summed E-state index contributed by atoms with van der Waals surface area (Å²) in [6.45, 7) is 4.00. The number of nitrogens with zero attached hydrogens (tertiary/aromatic N) is 4. The average Bonchev–Trinajstić information content (AvgIpc) is 2.84. The molecular formula is C14H23N5O. The van der Waals surface area contributed by atoms with Crippen LogP contribution in [-0.4, -0.2) is 30.7 Å². The first-order chi connectivity index (χ1) is 9.65. The number of fused-ring (bicyclic) bond motifs is 1. The zero-order valence-corrected chi connectivity index (χ0v) is 12.2. The highest BCUT2D eigenvalue weighted by molar-refractivity contribution is 5.81. The molecule has 2 atom stereocenters. The third kappa shape index (κ3) is 3.07. The monoisotopic (exact) mass is 277 g/mol. The van der Waals surface area contributed by atoms with Gasteiger partial charge in [0.1, 0.15) is 11.8 Å². The first-order valence-electron chi connectivity index (χ1n) is 7.26. The number of imidazole rings is 1. The number of nitrogen functional groups attached to an aromatic ring is 1. The molecule has 0 aliphatic rings. The van der Waals surface area contributed by atoms with Gasteiger partial charge in [-0.1, -0.05) is 32.6 Å². The fourth-order valence-electron chi connectivity index (χ4n) is 2.51. The summed E-state index contributed by atoms with van der Waals surface area (Å²) in [7, 11) is 0. The molecule has 1 unspecified atom stereocenters. The molecule has 2 heterocycles. The molecule has 6 heteroatoms.